The van der Waals surface area contributed by atoms with E-state index in [0.29, 0.717) is 6.54 Å². The molecule has 4 heteroatoms. The molecule has 3 N–H and O–H groups in total. The van der Waals surface area contributed by atoms with Crippen LogP contribution >= 0.6 is 0 Å². The molecular formula is C12H24N2O2. The number of nitrogens with one attached hydrogen (secondary N) is 1. The first-order chi connectivity index (χ1) is 7.40. The fourth-order valence-electron chi connectivity index (χ4n) is 1.90. The highest BCUT2D eigenvalue weighted by Gasteiger charge is 2.38. The molecule has 1 aliphatic rings. The summed E-state index contributed by atoms with van der Waals surface area (Å²) in [5.74, 6) is -0.122. The van der Waals surface area contributed by atoms with Gasteiger partial charge < -0.3 is 15.8 Å². The van der Waals surface area contributed by atoms with Crippen molar-refractivity contribution in [3.63, 3.8) is 0 Å². The number of hydrogen-bond donors (Lipinski definition) is 2. The van der Waals surface area contributed by atoms with E-state index in [1.54, 1.807) is 0 Å². The summed E-state index contributed by atoms with van der Waals surface area (Å²) in [5, 5.41) is 3.28. The second-order valence-corrected chi connectivity index (χ2v) is 5.61. The highest BCUT2D eigenvalue weighted by atomic mass is 16.6. The Bertz CT molecular complexity index is 234. The maximum absolute atomic E-state index is 11.9. The number of carbonyl (C=O) groups is 1. The van der Waals surface area contributed by atoms with E-state index in [1.807, 2.05) is 20.8 Å². The smallest absolute Gasteiger partial charge is 0.311 e. The maximum Gasteiger partial charge on any atom is 0.311 e. The minimum Gasteiger partial charge on any atom is -0.459 e. The summed E-state index contributed by atoms with van der Waals surface area (Å²) in [7, 11) is 0. The Labute approximate surface area is 97.9 Å². The Kier molecular flexibility index (Phi) is 4.33. The zero-order chi connectivity index (χ0) is 12.2. The van der Waals surface area contributed by atoms with Crippen LogP contribution in [0.3, 0.4) is 0 Å². The summed E-state index contributed by atoms with van der Waals surface area (Å²) in [6.45, 7) is 8.01. The predicted molar refractivity (Wildman–Crippen MR) is 64.1 cm³/mol. The van der Waals surface area contributed by atoms with E-state index >= 15 is 0 Å². The number of ether oxygens (including phenoxy) is 1. The molecular weight excluding hydrogens is 204 g/mol. The molecule has 0 aromatic rings. The number of hydrogen-bond acceptors (Lipinski definition) is 4. The average Bonchev–Trinajstić information content (AvgIpc) is 2.17. The molecule has 4 nitrogen and oxygen atoms in total. The Morgan fingerprint density at radius 2 is 1.94 bits per heavy atom. The Morgan fingerprint density at radius 1 is 1.38 bits per heavy atom. The first kappa shape index (κ1) is 13.5. The van der Waals surface area contributed by atoms with E-state index < -0.39 is 5.41 Å². The largest absolute Gasteiger partial charge is 0.459 e. The van der Waals surface area contributed by atoms with Crippen molar-refractivity contribution in [2.24, 2.45) is 11.1 Å². The van der Waals surface area contributed by atoms with Crippen molar-refractivity contribution in [1.82, 2.24) is 5.32 Å². The zero-order valence-corrected chi connectivity index (χ0v) is 10.6. The summed E-state index contributed by atoms with van der Waals surface area (Å²) in [6.07, 6.45) is 2.49. The van der Waals surface area contributed by atoms with Gasteiger partial charge in [-0.3, -0.25) is 4.79 Å². The van der Waals surface area contributed by atoms with Crippen molar-refractivity contribution < 1.29 is 9.53 Å². The number of esters is 1. The highest BCUT2D eigenvalue weighted by Crippen LogP contribution is 2.30. The van der Waals surface area contributed by atoms with Crippen LogP contribution in [0, 0.1) is 5.41 Å². The summed E-state index contributed by atoms with van der Waals surface area (Å²) in [4.78, 5) is 11.9. The number of nitrogens with two attached hydrogens (primary N) is 1. The van der Waals surface area contributed by atoms with Gasteiger partial charge in [-0.15, -0.1) is 0 Å². The molecule has 0 atom stereocenters. The average molecular weight is 228 g/mol. The fourth-order valence-corrected chi connectivity index (χ4v) is 1.90. The summed E-state index contributed by atoms with van der Waals surface area (Å²) < 4.78 is 5.72. The summed E-state index contributed by atoms with van der Waals surface area (Å²) in [6, 6.07) is 0. The van der Waals surface area contributed by atoms with Crippen molar-refractivity contribution in [1.29, 1.82) is 0 Å². The molecule has 0 saturated carbocycles. The summed E-state index contributed by atoms with van der Waals surface area (Å²) >= 11 is 0. The van der Waals surface area contributed by atoms with Gasteiger partial charge in [0, 0.05) is 0 Å². The standard InChI is InChI=1S/C12H24N2O2/c1-11(2,3)10(15)16-12(4-7-13)5-8-14-9-6-12/h14H,4-9,13H2,1-3H3. The third kappa shape index (κ3) is 3.46. The molecule has 0 bridgehead atoms. The minimum absolute atomic E-state index is 0.122. The van der Waals surface area contributed by atoms with Gasteiger partial charge in [-0.25, -0.2) is 0 Å². The van der Waals surface area contributed by atoms with Gasteiger partial charge in [-0.2, -0.15) is 0 Å². The Balaban J connectivity index is 2.67. The van der Waals surface area contributed by atoms with Crippen LogP contribution in [0.5, 0.6) is 0 Å². The number of rotatable bonds is 3. The first-order valence-corrected chi connectivity index (χ1v) is 6.04. The predicted octanol–water partition coefficient (Wildman–Crippen LogP) is 1.05. The first-order valence-electron chi connectivity index (χ1n) is 6.04. The molecule has 1 rings (SSSR count). The van der Waals surface area contributed by atoms with Gasteiger partial charge in [0.25, 0.3) is 0 Å². The third-order valence-electron chi connectivity index (χ3n) is 3.04. The van der Waals surface area contributed by atoms with Crippen LogP contribution in [0.2, 0.25) is 0 Å². The molecule has 0 amide bonds. The minimum atomic E-state index is -0.438. The van der Waals surface area contributed by atoms with E-state index in [0.717, 1.165) is 32.4 Å². The van der Waals surface area contributed by atoms with Crippen LogP contribution < -0.4 is 11.1 Å². The number of piperidine rings is 1. The lowest BCUT2D eigenvalue weighted by Gasteiger charge is -2.38. The molecule has 1 aliphatic heterocycles. The lowest BCUT2D eigenvalue weighted by Crippen LogP contribution is -2.48. The molecule has 16 heavy (non-hydrogen) atoms. The second kappa shape index (κ2) is 5.15. The molecule has 1 fully saturated rings. The van der Waals surface area contributed by atoms with Gasteiger partial charge in [0.15, 0.2) is 0 Å². The fraction of sp³-hybridized carbons (Fsp3) is 0.917. The van der Waals surface area contributed by atoms with Crippen LogP contribution in [0.15, 0.2) is 0 Å². The third-order valence-corrected chi connectivity index (χ3v) is 3.04. The van der Waals surface area contributed by atoms with Gasteiger partial charge in [0.05, 0.1) is 5.41 Å². The van der Waals surface area contributed by atoms with Crippen LogP contribution in [-0.2, 0) is 9.53 Å². The SMILES string of the molecule is CC(C)(C)C(=O)OC1(CCN)CCNCC1. The van der Waals surface area contributed by atoms with Gasteiger partial charge in [0.1, 0.15) is 5.60 Å². The van der Waals surface area contributed by atoms with Crippen molar-refractivity contribution >= 4 is 5.97 Å². The summed E-state index contributed by atoms with van der Waals surface area (Å²) in [5.41, 5.74) is 4.85. The van der Waals surface area contributed by atoms with Crippen molar-refractivity contribution in [2.75, 3.05) is 19.6 Å². The van der Waals surface area contributed by atoms with E-state index in [-0.39, 0.29) is 11.6 Å². The quantitative estimate of drug-likeness (QED) is 0.709. The van der Waals surface area contributed by atoms with Crippen LogP contribution in [0.1, 0.15) is 40.0 Å². The molecule has 1 heterocycles. The van der Waals surface area contributed by atoms with Crippen LogP contribution in [0.4, 0.5) is 0 Å². The molecule has 0 aliphatic carbocycles. The van der Waals surface area contributed by atoms with Gasteiger partial charge >= 0.3 is 5.97 Å². The van der Waals surface area contributed by atoms with E-state index in [1.165, 1.54) is 0 Å². The second-order valence-electron chi connectivity index (χ2n) is 5.61. The topological polar surface area (TPSA) is 64.3 Å². The molecule has 1 saturated heterocycles. The molecule has 94 valence electrons. The molecule has 0 aromatic carbocycles. The highest BCUT2D eigenvalue weighted by molar-refractivity contribution is 5.75. The lowest BCUT2D eigenvalue weighted by atomic mass is 9.87. The number of carbonyl (C=O) groups excluding carboxylic acids is 1. The van der Waals surface area contributed by atoms with Crippen molar-refractivity contribution in [2.45, 2.75) is 45.6 Å². The Morgan fingerprint density at radius 3 is 2.38 bits per heavy atom. The van der Waals surface area contributed by atoms with E-state index in [4.69, 9.17) is 10.5 Å². The van der Waals surface area contributed by atoms with Crippen molar-refractivity contribution in [3.8, 4) is 0 Å². The van der Waals surface area contributed by atoms with E-state index in [2.05, 4.69) is 5.32 Å². The Hall–Kier alpha value is -0.610. The monoisotopic (exact) mass is 228 g/mol. The van der Waals surface area contributed by atoms with E-state index in [9.17, 15) is 4.79 Å². The van der Waals surface area contributed by atoms with Gasteiger partial charge in [-0.05, 0) is 59.7 Å². The molecule has 0 spiro atoms. The van der Waals surface area contributed by atoms with Gasteiger partial charge in [0.2, 0.25) is 0 Å². The van der Waals surface area contributed by atoms with Crippen LogP contribution in [-0.4, -0.2) is 31.2 Å². The molecule has 0 unspecified atom stereocenters. The molecule has 0 radical (unpaired) electrons. The normalized spacial score (nSPS) is 20.5. The lowest BCUT2D eigenvalue weighted by molar-refractivity contribution is -0.173. The van der Waals surface area contributed by atoms with Crippen molar-refractivity contribution in [3.05, 3.63) is 0 Å². The van der Waals surface area contributed by atoms with Crippen LogP contribution in [0.25, 0.3) is 0 Å². The van der Waals surface area contributed by atoms with Gasteiger partial charge in [-0.1, -0.05) is 0 Å². The molecule has 0 aromatic heterocycles. The maximum atomic E-state index is 11.9. The zero-order valence-electron chi connectivity index (χ0n) is 10.6.